The molecule has 0 atom stereocenters. The van der Waals surface area contributed by atoms with Crippen LogP contribution in [0.25, 0.3) is 0 Å². The summed E-state index contributed by atoms with van der Waals surface area (Å²) in [6.45, 7) is 3.13. The normalized spacial score (nSPS) is 10.7. The van der Waals surface area contributed by atoms with Crippen molar-refractivity contribution in [3.63, 3.8) is 0 Å². The van der Waals surface area contributed by atoms with Gasteiger partial charge in [0, 0.05) is 13.1 Å². The molecule has 0 amide bonds. The first-order valence-corrected chi connectivity index (χ1v) is 8.43. The third kappa shape index (κ3) is 6.71. The lowest BCUT2D eigenvalue weighted by atomic mass is 10.2. The Morgan fingerprint density at radius 3 is 2.57 bits per heavy atom. The van der Waals surface area contributed by atoms with Gasteiger partial charge in [0.25, 0.3) is 0 Å². The fourth-order valence-corrected chi connectivity index (χ4v) is 2.59. The summed E-state index contributed by atoms with van der Waals surface area (Å²) in [4.78, 5) is 0. The van der Waals surface area contributed by atoms with Crippen LogP contribution in [0.15, 0.2) is 53.0 Å². The molecule has 4 nitrogen and oxygen atoms in total. The second-order valence-corrected chi connectivity index (χ2v) is 5.91. The van der Waals surface area contributed by atoms with Crippen LogP contribution in [0.2, 0.25) is 0 Å². The molecular formula is C18H22BrNO3. The van der Waals surface area contributed by atoms with Gasteiger partial charge in [0.1, 0.15) is 12.4 Å². The van der Waals surface area contributed by atoms with E-state index in [1.54, 1.807) is 0 Å². The Morgan fingerprint density at radius 2 is 1.83 bits per heavy atom. The zero-order chi connectivity index (χ0) is 16.3. The van der Waals surface area contributed by atoms with Crippen LogP contribution in [0, 0.1) is 0 Å². The summed E-state index contributed by atoms with van der Waals surface area (Å²) in [6.07, 6.45) is 0. The van der Waals surface area contributed by atoms with Crippen molar-refractivity contribution in [2.24, 2.45) is 0 Å². The van der Waals surface area contributed by atoms with E-state index in [4.69, 9.17) is 14.6 Å². The Balaban J connectivity index is 1.76. The summed E-state index contributed by atoms with van der Waals surface area (Å²) >= 11 is 3.56. The van der Waals surface area contributed by atoms with Gasteiger partial charge in [0.15, 0.2) is 0 Å². The van der Waals surface area contributed by atoms with Crippen molar-refractivity contribution in [1.29, 1.82) is 0 Å². The van der Waals surface area contributed by atoms with E-state index in [-0.39, 0.29) is 6.61 Å². The van der Waals surface area contributed by atoms with Crippen molar-refractivity contribution in [2.75, 3.05) is 26.4 Å². The van der Waals surface area contributed by atoms with Crippen molar-refractivity contribution in [3.8, 4) is 5.75 Å². The Hall–Kier alpha value is -1.40. The fraction of sp³-hybridized carbons (Fsp3) is 0.333. The van der Waals surface area contributed by atoms with E-state index in [9.17, 15) is 0 Å². The molecule has 0 radical (unpaired) electrons. The Morgan fingerprint density at radius 1 is 1.00 bits per heavy atom. The molecule has 0 heterocycles. The third-order valence-electron chi connectivity index (χ3n) is 3.22. The molecule has 0 spiro atoms. The first-order valence-electron chi connectivity index (χ1n) is 7.64. The lowest BCUT2D eigenvalue weighted by Crippen LogP contribution is -2.20. The van der Waals surface area contributed by atoms with Crippen LogP contribution in [0.1, 0.15) is 11.1 Å². The topological polar surface area (TPSA) is 50.7 Å². The summed E-state index contributed by atoms with van der Waals surface area (Å²) in [5.74, 6) is 0.837. The number of nitrogens with one attached hydrogen (secondary N) is 1. The molecule has 0 bridgehead atoms. The first kappa shape index (κ1) is 17.9. The van der Waals surface area contributed by atoms with Gasteiger partial charge in [-0.15, -0.1) is 0 Å². The summed E-state index contributed by atoms with van der Waals surface area (Å²) in [7, 11) is 0. The molecule has 2 aromatic carbocycles. The lowest BCUT2D eigenvalue weighted by Gasteiger charge is -2.11. The second-order valence-electron chi connectivity index (χ2n) is 5.05. The van der Waals surface area contributed by atoms with Gasteiger partial charge in [-0.1, -0.05) is 36.4 Å². The standard InChI is InChI=1S/C18H22BrNO3/c19-17-12-16(13-20-8-10-22-11-9-21)6-7-18(17)23-14-15-4-2-1-3-5-15/h1-7,12,20-21H,8-11,13-14H2. The molecule has 0 saturated carbocycles. The number of hydrogen-bond acceptors (Lipinski definition) is 4. The molecule has 2 aromatic rings. The minimum Gasteiger partial charge on any atom is -0.488 e. The van der Waals surface area contributed by atoms with E-state index in [0.29, 0.717) is 19.8 Å². The molecule has 0 aliphatic heterocycles. The van der Waals surface area contributed by atoms with Crippen molar-refractivity contribution in [2.45, 2.75) is 13.2 Å². The summed E-state index contributed by atoms with van der Waals surface area (Å²) < 4.78 is 12.0. The van der Waals surface area contributed by atoms with Crippen molar-refractivity contribution in [1.82, 2.24) is 5.32 Å². The molecule has 124 valence electrons. The molecule has 0 aliphatic rings. The highest BCUT2D eigenvalue weighted by Gasteiger charge is 2.03. The van der Waals surface area contributed by atoms with Gasteiger partial charge in [-0.25, -0.2) is 0 Å². The van der Waals surface area contributed by atoms with E-state index in [2.05, 4.69) is 27.3 Å². The summed E-state index contributed by atoms with van der Waals surface area (Å²) in [5.41, 5.74) is 2.32. The first-order chi connectivity index (χ1) is 11.3. The molecule has 2 N–H and O–H groups in total. The zero-order valence-corrected chi connectivity index (χ0v) is 14.6. The van der Waals surface area contributed by atoms with Gasteiger partial charge < -0.3 is 19.9 Å². The highest BCUT2D eigenvalue weighted by Crippen LogP contribution is 2.26. The number of aliphatic hydroxyl groups excluding tert-OH is 1. The maximum atomic E-state index is 8.61. The van der Waals surface area contributed by atoms with Gasteiger partial charge in [0.2, 0.25) is 0 Å². The van der Waals surface area contributed by atoms with E-state index < -0.39 is 0 Å². The number of halogens is 1. The van der Waals surface area contributed by atoms with Crippen LogP contribution in [-0.4, -0.2) is 31.5 Å². The number of benzene rings is 2. The average Bonchev–Trinajstić information content (AvgIpc) is 2.58. The molecule has 2 rings (SSSR count). The molecule has 0 unspecified atom stereocenters. The minimum absolute atomic E-state index is 0.0669. The van der Waals surface area contributed by atoms with Crippen molar-refractivity contribution in [3.05, 3.63) is 64.1 Å². The van der Waals surface area contributed by atoms with Gasteiger partial charge in [-0.05, 0) is 39.2 Å². The SMILES string of the molecule is OCCOCCNCc1ccc(OCc2ccccc2)c(Br)c1. The van der Waals surface area contributed by atoms with Gasteiger partial charge >= 0.3 is 0 Å². The van der Waals surface area contributed by atoms with Crippen LogP contribution in [0.3, 0.4) is 0 Å². The molecule has 0 aliphatic carbocycles. The van der Waals surface area contributed by atoms with Gasteiger partial charge in [-0.2, -0.15) is 0 Å². The van der Waals surface area contributed by atoms with Crippen LogP contribution >= 0.6 is 15.9 Å². The van der Waals surface area contributed by atoms with Crippen molar-refractivity contribution >= 4 is 15.9 Å². The summed E-state index contributed by atoms with van der Waals surface area (Å²) in [5, 5.41) is 11.9. The molecule has 5 heteroatoms. The monoisotopic (exact) mass is 379 g/mol. The average molecular weight is 380 g/mol. The highest BCUT2D eigenvalue weighted by molar-refractivity contribution is 9.10. The van der Waals surface area contributed by atoms with E-state index in [1.807, 2.05) is 42.5 Å². The molecule has 23 heavy (non-hydrogen) atoms. The van der Waals surface area contributed by atoms with E-state index in [0.717, 1.165) is 28.9 Å². The number of hydrogen-bond donors (Lipinski definition) is 2. The van der Waals surface area contributed by atoms with Crippen LogP contribution in [-0.2, 0) is 17.9 Å². The maximum Gasteiger partial charge on any atom is 0.134 e. The molecular weight excluding hydrogens is 358 g/mol. The largest absolute Gasteiger partial charge is 0.488 e. The minimum atomic E-state index is 0.0669. The number of ether oxygens (including phenoxy) is 2. The van der Waals surface area contributed by atoms with E-state index in [1.165, 1.54) is 5.56 Å². The maximum absolute atomic E-state index is 8.61. The van der Waals surface area contributed by atoms with Crippen LogP contribution in [0.4, 0.5) is 0 Å². The van der Waals surface area contributed by atoms with Crippen LogP contribution in [0.5, 0.6) is 5.75 Å². The summed E-state index contributed by atoms with van der Waals surface area (Å²) in [6, 6.07) is 16.2. The predicted octanol–water partition coefficient (Wildman–Crippen LogP) is 3.13. The molecule has 0 saturated heterocycles. The quantitative estimate of drug-likeness (QED) is 0.622. The van der Waals surface area contributed by atoms with E-state index >= 15 is 0 Å². The van der Waals surface area contributed by atoms with Gasteiger partial charge in [-0.3, -0.25) is 0 Å². The fourth-order valence-electron chi connectivity index (χ4n) is 2.05. The Labute approximate surface area is 145 Å². The number of aliphatic hydroxyl groups is 1. The third-order valence-corrected chi connectivity index (χ3v) is 3.84. The lowest BCUT2D eigenvalue weighted by molar-refractivity contribution is 0.0938. The van der Waals surface area contributed by atoms with Crippen LogP contribution < -0.4 is 10.1 Å². The second kappa shape index (κ2) is 10.4. The number of rotatable bonds is 10. The Kier molecular flexibility index (Phi) is 8.11. The van der Waals surface area contributed by atoms with Crippen molar-refractivity contribution < 1.29 is 14.6 Å². The predicted molar refractivity (Wildman–Crippen MR) is 94.5 cm³/mol. The molecule has 0 fully saturated rings. The Bertz CT molecular complexity index is 578. The molecule has 0 aromatic heterocycles. The van der Waals surface area contributed by atoms with Gasteiger partial charge in [0.05, 0.1) is 24.3 Å². The zero-order valence-electron chi connectivity index (χ0n) is 13.0. The smallest absolute Gasteiger partial charge is 0.134 e. The highest BCUT2D eigenvalue weighted by atomic mass is 79.9.